The number of nitrogens with zero attached hydrogens (tertiary/aromatic N) is 6. The Kier molecular flexibility index (Phi) is 8.63. The average Bonchev–Trinajstić information content (AvgIpc) is 3.52. The molecule has 48 heavy (non-hydrogen) atoms. The quantitative estimate of drug-likeness (QED) is 0.297. The summed E-state index contributed by atoms with van der Waals surface area (Å²) >= 11 is 0. The number of carbonyl (C=O) groups excluding carboxylic acids is 2. The lowest BCUT2D eigenvalue weighted by atomic mass is 10.1. The van der Waals surface area contributed by atoms with Crippen LogP contribution in [-0.4, -0.2) is 80.4 Å². The third-order valence-corrected chi connectivity index (χ3v) is 8.20. The number of amides is 2. The van der Waals surface area contributed by atoms with Crippen molar-refractivity contribution in [1.82, 2.24) is 24.1 Å². The summed E-state index contributed by atoms with van der Waals surface area (Å²) in [5.41, 5.74) is -0.885. The van der Waals surface area contributed by atoms with Crippen LogP contribution in [0.25, 0.3) is 11.4 Å². The molecule has 2 N–H and O–H groups in total. The summed E-state index contributed by atoms with van der Waals surface area (Å²) in [6.45, 7) is 2.08. The molecule has 1 saturated heterocycles. The van der Waals surface area contributed by atoms with Crippen molar-refractivity contribution in [3.63, 3.8) is 0 Å². The fourth-order valence-electron chi connectivity index (χ4n) is 5.69. The first-order chi connectivity index (χ1) is 22.8. The molecule has 2 aromatic heterocycles. The number of hydrogen-bond acceptors (Lipinski definition) is 8. The highest BCUT2D eigenvalue weighted by Gasteiger charge is 2.32. The Bertz CT molecular complexity index is 2000. The van der Waals surface area contributed by atoms with Gasteiger partial charge in [0.1, 0.15) is 23.6 Å². The molecule has 12 nitrogen and oxygen atoms in total. The highest BCUT2D eigenvalue weighted by atomic mass is 19.4. The van der Waals surface area contributed by atoms with E-state index < -0.39 is 52.1 Å². The molecule has 0 aliphatic carbocycles. The monoisotopic (exact) mass is 673 g/mol. The highest BCUT2D eigenvalue weighted by molar-refractivity contribution is 5.97. The molecule has 2 aliphatic heterocycles. The number of benzene rings is 2. The van der Waals surface area contributed by atoms with Crippen molar-refractivity contribution < 1.29 is 41.4 Å². The molecule has 0 bridgehead atoms. The minimum atomic E-state index is -4.54. The number of phenolic OH excluding ortho intramolecular Hbond substituents is 1. The van der Waals surface area contributed by atoms with Gasteiger partial charge in [-0.05, 0) is 55.3 Å². The molecule has 4 aromatic rings. The lowest BCUT2D eigenvalue weighted by Gasteiger charge is -2.36. The zero-order chi connectivity index (χ0) is 34.3. The fraction of sp³-hybridized carbons (Fsp3) is 0.323. The largest absolute Gasteiger partial charge is 0.504 e. The van der Waals surface area contributed by atoms with Gasteiger partial charge in [0.25, 0.3) is 11.5 Å². The molecule has 0 unspecified atom stereocenters. The van der Waals surface area contributed by atoms with E-state index in [1.165, 1.54) is 9.47 Å². The Morgan fingerprint density at radius 3 is 2.35 bits per heavy atom. The van der Waals surface area contributed by atoms with Crippen LogP contribution in [-0.2, 0) is 22.3 Å². The Labute approximate surface area is 268 Å². The van der Waals surface area contributed by atoms with E-state index in [2.05, 4.69) is 15.4 Å². The molecule has 17 heteroatoms. The first-order valence-electron chi connectivity index (χ1n) is 14.8. The van der Waals surface area contributed by atoms with E-state index in [1.807, 2.05) is 0 Å². The van der Waals surface area contributed by atoms with E-state index in [0.29, 0.717) is 31.4 Å². The maximum atomic E-state index is 14.4. The van der Waals surface area contributed by atoms with Gasteiger partial charge in [0.05, 0.1) is 18.8 Å². The topological polar surface area (TPSA) is 134 Å². The Balaban J connectivity index is 1.31. The molecule has 0 spiro atoms. The second-order valence-electron chi connectivity index (χ2n) is 11.2. The highest BCUT2D eigenvalue weighted by Crippen LogP contribution is 2.30. The van der Waals surface area contributed by atoms with Crippen molar-refractivity contribution in [3.05, 3.63) is 87.1 Å². The number of halogens is 5. The Morgan fingerprint density at radius 1 is 1.02 bits per heavy atom. The van der Waals surface area contributed by atoms with Gasteiger partial charge in [0, 0.05) is 37.6 Å². The van der Waals surface area contributed by atoms with Gasteiger partial charge < -0.3 is 29.5 Å². The standard InChI is InChI=1S/C31H28F5N7O5/c1-17-25(40-10-12-41(13-11-40)28(46)24-21(32)6-7-22(33)26(24)45)29(47)43-30(38-27(39-43)18-8-14-48-15-9-18)42(17)16-23(44)37-20-4-2-19(3-5-20)31(34,35)36/h2-8,45H,9-16H2,1H3,(H,37,44). The van der Waals surface area contributed by atoms with Crippen LogP contribution < -0.4 is 15.8 Å². The summed E-state index contributed by atoms with van der Waals surface area (Å²) in [5.74, 6) is -4.54. The van der Waals surface area contributed by atoms with Crippen LogP contribution in [0.5, 0.6) is 5.75 Å². The smallest absolute Gasteiger partial charge is 0.416 e. The third kappa shape index (κ3) is 6.20. The molecule has 4 heterocycles. The Morgan fingerprint density at radius 2 is 1.71 bits per heavy atom. The van der Waals surface area contributed by atoms with Crippen LogP contribution in [0.15, 0.2) is 47.3 Å². The van der Waals surface area contributed by atoms with Crippen LogP contribution in [0.3, 0.4) is 0 Å². The van der Waals surface area contributed by atoms with Crippen LogP contribution in [0, 0.1) is 18.6 Å². The predicted octanol–water partition coefficient (Wildman–Crippen LogP) is 3.61. The molecule has 2 aliphatic rings. The first-order valence-corrected chi connectivity index (χ1v) is 14.8. The fourth-order valence-corrected chi connectivity index (χ4v) is 5.69. The number of piperazine rings is 1. The van der Waals surface area contributed by atoms with Gasteiger partial charge in [0.15, 0.2) is 17.4 Å². The lowest BCUT2D eigenvalue weighted by Crippen LogP contribution is -2.51. The number of aromatic nitrogens is 4. The molecule has 252 valence electrons. The zero-order valence-electron chi connectivity index (χ0n) is 25.4. The summed E-state index contributed by atoms with van der Waals surface area (Å²) in [5, 5.41) is 17.0. The first kappa shape index (κ1) is 32.6. The number of ether oxygens (including phenoxy) is 1. The van der Waals surface area contributed by atoms with E-state index >= 15 is 0 Å². The molecule has 0 radical (unpaired) electrons. The van der Waals surface area contributed by atoms with Crippen LogP contribution in [0.1, 0.15) is 33.9 Å². The SMILES string of the molecule is Cc1c(N2CCN(C(=O)c3c(F)ccc(F)c3O)CC2)c(=O)n2nc(C3=CCOCC3)nc2n1CC(=O)Nc1ccc(C(F)(F)F)cc1. The molecule has 6 rings (SSSR count). The number of rotatable bonds is 6. The summed E-state index contributed by atoms with van der Waals surface area (Å²) < 4.78 is 75.2. The van der Waals surface area contributed by atoms with Crippen molar-refractivity contribution >= 4 is 34.5 Å². The molecule has 2 aromatic carbocycles. The summed E-state index contributed by atoms with van der Waals surface area (Å²) in [4.78, 5) is 47.6. The van der Waals surface area contributed by atoms with E-state index in [9.17, 15) is 41.4 Å². The van der Waals surface area contributed by atoms with E-state index in [-0.39, 0.29) is 55.7 Å². The van der Waals surface area contributed by atoms with Gasteiger partial charge in [0.2, 0.25) is 11.7 Å². The predicted molar refractivity (Wildman–Crippen MR) is 162 cm³/mol. The van der Waals surface area contributed by atoms with Gasteiger partial charge in [-0.2, -0.15) is 22.7 Å². The minimum absolute atomic E-state index is 0.0188. The normalized spacial score (nSPS) is 15.5. The zero-order valence-corrected chi connectivity index (χ0v) is 25.4. The van der Waals surface area contributed by atoms with E-state index in [1.54, 1.807) is 17.9 Å². The number of anilines is 2. The Hall–Kier alpha value is -5.32. The van der Waals surface area contributed by atoms with Crippen molar-refractivity contribution in [1.29, 1.82) is 0 Å². The van der Waals surface area contributed by atoms with Crippen molar-refractivity contribution in [2.45, 2.75) is 26.1 Å². The van der Waals surface area contributed by atoms with Crippen molar-refractivity contribution in [3.8, 4) is 5.75 Å². The lowest BCUT2D eigenvalue weighted by molar-refractivity contribution is -0.137. The number of phenols is 1. The molecule has 1 fully saturated rings. The van der Waals surface area contributed by atoms with E-state index in [4.69, 9.17) is 4.74 Å². The van der Waals surface area contributed by atoms with Crippen LogP contribution in [0.2, 0.25) is 0 Å². The maximum Gasteiger partial charge on any atom is 0.416 e. The van der Waals surface area contributed by atoms with Crippen molar-refractivity contribution in [2.24, 2.45) is 0 Å². The second kappa shape index (κ2) is 12.7. The molecular formula is C31H28F5N7O5. The summed E-state index contributed by atoms with van der Waals surface area (Å²) in [6, 6.07) is 5.40. The van der Waals surface area contributed by atoms with E-state index in [0.717, 1.165) is 40.4 Å². The van der Waals surface area contributed by atoms with Gasteiger partial charge in [-0.25, -0.2) is 8.78 Å². The van der Waals surface area contributed by atoms with Crippen LogP contribution in [0.4, 0.5) is 33.3 Å². The number of nitrogens with one attached hydrogen (secondary N) is 1. The minimum Gasteiger partial charge on any atom is -0.504 e. The van der Waals surface area contributed by atoms with Crippen LogP contribution >= 0.6 is 0 Å². The maximum absolute atomic E-state index is 14.4. The summed E-state index contributed by atoms with van der Waals surface area (Å²) in [6.07, 6.45) is -2.27. The van der Waals surface area contributed by atoms with Crippen molar-refractivity contribution in [2.75, 3.05) is 49.6 Å². The number of hydrogen-bond donors (Lipinski definition) is 2. The molecular weight excluding hydrogens is 645 g/mol. The van der Waals surface area contributed by atoms with Gasteiger partial charge >= 0.3 is 6.18 Å². The molecule has 0 saturated carbocycles. The summed E-state index contributed by atoms with van der Waals surface area (Å²) in [7, 11) is 0. The van der Waals surface area contributed by atoms with Gasteiger partial charge in [-0.15, -0.1) is 5.10 Å². The second-order valence-corrected chi connectivity index (χ2v) is 11.2. The molecule has 2 amide bonds. The average molecular weight is 674 g/mol. The molecule has 0 atom stereocenters. The number of carbonyl (C=O) groups is 2. The number of aromatic hydroxyl groups is 1. The number of alkyl halides is 3. The van der Waals surface area contributed by atoms with Gasteiger partial charge in [-0.3, -0.25) is 14.4 Å². The third-order valence-electron chi connectivity index (χ3n) is 8.20. The van der Waals surface area contributed by atoms with Gasteiger partial charge in [-0.1, -0.05) is 6.08 Å². The number of fused-ring (bicyclic) bond motifs is 1.